The number of aromatic nitrogens is 4. The molecule has 0 bridgehead atoms. The van der Waals surface area contributed by atoms with Crippen LogP contribution in [0.1, 0.15) is 18.2 Å². The van der Waals surface area contributed by atoms with E-state index in [4.69, 9.17) is 11.6 Å². The predicted molar refractivity (Wildman–Crippen MR) is 122 cm³/mol. The maximum absolute atomic E-state index is 14.2. The van der Waals surface area contributed by atoms with Crippen molar-refractivity contribution in [2.75, 3.05) is 4.90 Å². The van der Waals surface area contributed by atoms with Crippen molar-refractivity contribution in [2.45, 2.75) is 24.8 Å². The highest BCUT2D eigenvalue weighted by Gasteiger charge is 2.21. The average Bonchev–Trinajstić information content (AvgIpc) is 3.39. The van der Waals surface area contributed by atoms with E-state index in [-0.39, 0.29) is 11.6 Å². The van der Waals surface area contributed by atoms with Crippen molar-refractivity contribution >= 4 is 51.4 Å². The van der Waals surface area contributed by atoms with Gasteiger partial charge in [0.2, 0.25) is 5.91 Å². The first kappa shape index (κ1) is 21.5. The molecule has 4 rings (SSSR count). The van der Waals surface area contributed by atoms with Gasteiger partial charge < -0.3 is 0 Å². The third-order valence-electron chi connectivity index (χ3n) is 4.44. The zero-order chi connectivity index (χ0) is 22.0. The average molecular weight is 474 g/mol. The first-order valence-electron chi connectivity index (χ1n) is 9.23. The zero-order valence-electron chi connectivity index (χ0n) is 16.6. The molecule has 0 saturated heterocycles. The third kappa shape index (κ3) is 4.63. The van der Waals surface area contributed by atoms with Gasteiger partial charge in [-0.15, -0.1) is 21.5 Å². The molecule has 0 aliphatic rings. The van der Waals surface area contributed by atoms with E-state index < -0.39 is 5.82 Å². The Morgan fingerprint density at radius 2 is 2.10 bits per heavy atom. The van der Waals surface area contributed by atoms with E-state index in [1.54, 1.807) is 24.5 Å². The minimum Gasteiger partial charge on any atom is -0.277 e. The van der Waals surface area contributed by atoms with Crippen LogP contribution in [0.4, 0.5) is 15.2 Å². The quantitative estimate of drug-likeness (QED) is 0.331. The van der Waals surface area contributed by atoms with Crippen LogP contribution in [0, 0.1) is 12.7 Å². The van der Waals surface area contributed by atoms with E-state index in [1.807, 2.05) is 35.1 Å². The number of thiazole rings is 1. The summed E-state index contributed by atoms with van der Waals surface area (Å²) in [6.07, 6.45) is 1.63. The second-order valence-electron chi connectivity index (χ2n) is 6.63. The maximum atomic E-state index is 14.2. The second-order valence-corrected chi connectivity index (χ2v) is 8.82. The van der Waals surface area contributed by atoms with Crippen LogP contribution in [-0.2, 0) is 10.5 Å². The summed E-state index contributed by atoms with van der Waals surface area (Å²) in [6, 6.07) is 11.9. The molecule has 6 nitrogen and oxygen atoms in total. The first-order chi connectivity index (χ1) is 14.9. The molecule has 0 spiro atoms. The van der Waals surface area contributed by atoms with Crippen LogP contribution in [0.5, 0.6) is 0 Å². The van der Waals surface area contributed by atoms with E-state index in [0.29, 0.717) is 21.1 Å². The smallest absolute Gasteiger partial charge is 0.230 e. The summed E-state index contributed by atoms with van der Waals surface area (Å²) in [5, 5.41) is 11.8. The fourth-order valence-corrected chi connectivity index (χ4v) is 4.86. The largest absolute Gasteiger partial charge is 0.277 e. The highest BCUT2D eigenvalue weighted by molar-refractivity contribution is 7.98. The third-order valence-corrected chi connectivity index (χ3v) is 6.70. The van der Waals surface area contributed by atoms with Gasteiger partial charge in [0.25, 0.3) is 0 Å². The van der Waals surface area contributed by atoms with Gasteiger partial charge in [-0.2, -0.15) is 0 Å². The van der Waals surface area contributed by atoms with Gasteiger partial charge in [-0.3, -0.25) is 14.3 Å². The number of halogens is 2. The molecule has 2 aromatic heterocycles. The van der Waals surface area contributed by atoms with Gasteiger partial charge >= 0.3 is 0 Å². The molecule has 0 unspecified atom stereocenters. The van der Waals surface area contributed by atoms with Crippen LogP contribution in [0.2, 0.25) is 5.02 Å². The predicted octanol–water partition coefficient (Wildman–Crippen LogP) is 5.80. The number of hydrogen-bond acceptors (Lipinski definition) is 6. The summed E-state index contributed by atoms with van der Waals surface area (Å²) in [7, 11) is 0. The van der Waals surface area contributed by atoms with Crippen LogP contribution in [0.25, 0.3) is 5.69 Å². The lowest BCUT2D eigenvalue weighted by molar-refractivity contribution is -0.115. The Balaban J connectivity index is 1.53. The summed E-state index contributed by atoms with van der Waals surface area (Å²) < 4.78 is 16.1. The summed E-state index contributed by atoms with van der Waals surface area (Å²) >= 11 is 8.99. The van der Waals surface area contributed by atoms with Gasteiger partial charge in [-0.05, 0) is 36.8 Å². The Hall–Kier alpha value is -2.75. The normalized spacial score (nSPS) is 11.0. The molecule has 0 fully saturated rings. The van der Waals surface area contributed by atoms with Crippen molar-refractivity contribution in [3.63, 3.8) is 0 Å². The first-order valence-corrected chi connectivity index (χ1v) is 11.5. The molecule has 31 heavy (non-hydrogen) atoms. The summed E-state index contributed by atoms with van der Waals surface area (Å²) in [4.78, 5) is 18.0. The van der Waals surface area contributed by atoms with Gasteiger partial charge in [0, 0.05) is 23.1 Å². The fraction of sp³-hybridized carbons (Fsp3) is 0.143. The number of anilines is 2. The molecule has 2 heterocycles. The lowest BCUT2D eigenvalue weighted by Gasteiger charge is -2.18. The molecule has 0 aliphatic carbocycles. The molecule has 158 valence electrons. The Morgan fingerprint density at radius 3 is 2.84 bits per heavy atom. The second kappa shape index (κ2) is 9.17. The molecule has 4 aromatic rings. The zero-order valence-corrected chi connectivity index (χ0v) is 19.0. The maximum Gasteiger partial charge on any atom is 0.230 e. The van der Waals surface area contributed by atoms with Gasteiger partial charge in [0.15, 0.2) is 10.3 Å². The Bertz CT molecular complexity index is 1240. The van der Waals surface area contributed by atoms with E-state index >= 15 is 0 Å². The highest BCUT2D eigenvalue weighted by atomic mass is 35.5. The summed E-state index contributed by atoms with van der Waals surface area (Å²) in [5.41, 5.74) is 2.79. The van der Waals surface area contributed by atoms with Gasteiger partial charge in [0.1, 0.15) is 12.1 Å². The lowest BCUT2D eigenvalue weighted by Crippen LogP contribution is -2.23. The van der Waals surface area contributed by atoms with E-state index in [0.717, 1.165) is 16.9 Å². The Kier molecular flexibility index (Phi) is 6.35. The number of benzene rings is 2. The molecule has 10 heteroatoms. The number of rotatable bonds is 6. The number of hydrogen-bond donors (Lipinski definition) is 0. The van der Waals surface area contributed by atoms with Gasteiger partial charge in [-0.1, -0.05) is 41.6 Å². The molecule has 0 atom stereocenters. The van der Waals surface area contributed by atoms with Gasteiger partial charge in [-0.25, -0.2) is 9.37 Å². The SMILES string of the molecule is CC(=O)N(c1nc(CSc2nncn2-c2ccc(C)c(Cl)c2)cs1)c1ccccc1F. The molecule has 0 aliphatic heterocycles. The van der Waals surface area contributed by atoms with Crippen molar-refractivity contribution in [3.05, 3.63) is 76.3 Å². The molecular formula is C21H17ClFN5OS2. The van der Waals surface area contributed by atoms with Crippen LogP contribution >= 0.6 is 34.7 Å². The van der Waals surface area contributed by atoms with E-state index in [2.05, 4.69) is 15.2 Å². The van der Waals surface area contributed by atoms with Gasteiger partial charge in [0.05, 0.1) is 17.1 Å². The van der Waals surface area contributed by atoms with Crippen LogP contribution < -0.4 is 4.90 Å². The highest BCUT2D eigenvalue weighted by Crippen LogP contribution is 2.32. The van der Waals surface area contributed by atoms with Crippen LogP contribution in [0.15, 0.2) is 59.3 Å². The Labute approximate surface area is 191 Å². The van der Waals surface area contributed by atoms with Crippen molar-refractivity contribution in [1.29, 1.82) is 0 Å². The number of carbonyl (C=O) groups is 1. The molecule has 1 amide bonds. The molecule has 0 saturated carbocycles. The Morgan fingerprint density at radius 1 is 1.29 bits per heavy atom. The van der Waals surface area contributed by atoms with Crippen LogP contribution in [-0.4, -0.2) is 25.7 Å². The number of carbonyl (C=O) groups excluding carboxylic acids is 1. The fourth-order valence-electron chi connectivity index (χ4n) is 2.88. The minimum atomic E-state index is -0.478. The topological polar surface area (TPSA) is 63.9 Å². The van der Waals surface area contributed by atoms with E-state index in [1.165, 1.54) is 41.0 Å². The number of para-hydroxylation sites is 1. The molecule has 0 radical (unpaired) electrons. The number of nitrogens with zero attached hydrogens (tertiary/aromatic N) is 5. The number of aryl methyl sites for hydroxylation is 1. The molecule has 0 N–H and O–H groups in total. The van der Waals surface area contributed by atoms with Crippen molar-refractivity contribution in [3.8, 4) is 5.69 Å². The standard InChI is InChI=1S/C21H17ClFN5OS2/c1-13-7-8-16(9-17(13)22)27-12-24-26-21(27)31-11-15-10-30-20(25-15)28(14(2)29)19-6-4-3-5-18(19)23/h3-10,12H,11H2,1-2H3. The van der Waals surface area contributed by atoms with Crippen molar-refractivity contribution < 1.29 is 9.18 Å². The van der Waals surface area contributed by atoms with Crippen LogP contribution in [0.3, 0.4) is 0 Å². The monoisotopic (exact) mass is 473 g/mol. The minimum absolute atomic E-state index is 0.180. The number of amides is 1. The van der Waals surface area contributed by atoms with Crippen molar-refractivity contribution in [2.24, 2.45) is 0 Å². The van der Waals surface area contributed by atoms with E-state index in [9.17, 15) is 9.18 Å². The summed E-state index contributed by atoms with van der Waals surface area (Å²) in [5.74, 6) is -0.277. The lowest BCUT2D eigenvalue weighted by atomic mass is 10.2. The number of thioether (sulfide) groups is 1. The molecular weight excluding hydrogens is 457 g/mol. The summed E-state index contributed by atoms with van der Waals surface area (Å²) in [6.45, 7) is 3.33. The van der Waals surface area contributed by atoms with Crippen molar-refractivity contribution in [1.82, 2.24) is 19.7 Å². The molecule has 2 aromatic carbocycles.